The number of fused-ring (bicyclic) bond motifs is 1. The number of cyclic esters (lactones) is 1. The quantitative estimate of drug-likeness (QED) is 0.458. The second kappa shape index (κ2) is 2.35. The molecule has 0 aromatic carbocycles. The largest absolute Gasteiger partial charge is 0.447 e. The van der Waals surface area contributed by atoms with Crippen LogP contribution in [0, 0.1) is 0 Å². The topological polar surface area (TPSA) is 58.8 Å². The molecule has 1 unspecified atom stereocenters. The molecular weight excluding hydrogens is 146 g/mol. The molecule has 5 nitrogen and oxygen atoms in total. The van der Waals surface area contributed by atoms with Crippen LogP contribution in [0.15, 0.2) is 0 Å². The molecule has 0 saturated carbocycles. The van der Waals surface area contributed by atoms with Crippen LogP contribution in [0.5, 0.6) is 0 Å². The third kappa shape index (κ3) is 1.06. The SMILES string of the molecule is NN1CCN2C(=O)OCC2C1. The maximum Gasteiger partial charge on any atom is 0.410 e. The Bertz CT molecular complexity index is 185. The minimum atomic E-state index is -0.192. The van der Waals surface area contributed by atoms with E-state index in [1.165, 1.54) is 0 Å². The molecule has 2 heterocycles. The van der Waals surface area contributed by atoms with Crippen LogP contribution in [0.3, 0.4) is 0 Å². The van der Waals surface area contributed by atoms with Crippen molar-refractivity contribution in [2.75, 3.05) is 26.2 Å². The number of amides is 1. The summed E-state index contributed by atoms with van der Waals surface area (Å²) in [6, 6.07) is 0.182. The molecule has 1 amide bonds. The minimum absolute atomic E-state index is 0.182. The zero-order valence-corrected chi connectivity index (χ0v) is 6.19. The highest BCUT2D eigenvalue weighted by Crippen LogP contribution is 2.15. The van der Waals surface area contributed by atoms with E-state index in [4.69, 9.17) is 10.6 Å². The van der Waals surface area contributed by atoms with Gasteiger partial charge in [0.25, 0.3) is 0 Å². The molecule has 0 bridgehead atoms. The fourth-order valence-corrected chi connectivity index (χ4v) is 1.51. The Balaban J connectivity index is 2.06. The van der Waals surface area contributed by atoms with Gasteiger partial charge in [-0.3, -0.25) is 10.7 Å². The van der Waals surface area contributed by atoms with Crippen LogP contribution in [0.4, 0.5) is 4.79 Å². The summed E-state index contributed by atoms with van der Waals surface area (Å²) in [5, 5.41) is 1.73. The fourth-order valence-electron chi connectivity index (χ4n) is 1.51. The first-order chi connectivity index (χ1) is 5.27. The third-order valence-corrected chi connectivity index (χ3v) is 2.15. The Morgan fingerprint density at radius 1 is 1.55 bits per heavy atom. The molecule has 11 heavy (non-hydrogen) atoms. The lowest BCUT2D eigenvalue weighted by Crippen LogP contribution is -2.54. The van der Waals surface area contributed by atoms with Crippen molar-refractivity contribution in [3.8, 4) is 0 Å². The van der Waals surface area contributed by atoms with Crippen LogP contribution in [0.25, 0.3) is 0 Å². The lowest BCUT2D eigenvalue weighted by Gasteiger charge is -2.32. The highest BCUT2D eigenvalue weighted by Gasteiger charge is 2.36. The number of carbonyl (C=O) groups excluding carboxylic acids is 1. The van der Waals surface area contributed by atoms with E-state index >= 15 is 0 Å². The molecule has 2 rings (SSSR count). The number of rotatable bonds is 0. The number of nitrogens with zero attached hydrogens (tertiary/aromatic N) is 2. The predicted molar refractivity (Wildman–Crippen MR) is 37.6 cm³/mol. The van der Waals surface area contributed by atoms with Crippen molar-refractivity contribution >= 4 is 6.09 Å². The molecule has 2 saturated heterocycles. The minimum Gasteiger partial charge on any atom is -0.447 e. The van der Waals surface area contributed by atoms with E-state index < -0.39 is 0 Å². The Morgan fingerprint density at radius 3 is 3.18 bits per heavy atom. The van der Waals surface area contributed by atoms with Gasteiger partial charge in [0.05, 0.1) is 6.04 Å². The summed E-state index contributed by atoms with van der Waals surface area (Å²) in [7, 11) is 0. The van der Waals surface area contributed by atoms with E-state index in [2.05, 4.69) is 0 Å². The van der Waals surface area contributed by atoms with Gasteiger partial charge in [-0.25, -0.2) is 9.80 Å². The molecule has 0 radical (unpaired) electrons. The molecule has 2 fully saturated rings. The van der Waals surface area contributed by atoms with Crippen LogP contribution in [0.2, 0.25) is 0 Å². The van der Waals surface area contributed by atoms with Gasteiger partial charge >= 0.3 is 6.09 Å². The van der Waals surface area contributed by atoms with Gasteiger partial charge in [0, 0.05) is 19.6 Å². The van der Waals surface area contributed by atoms with Crippen molar-refractivity contribution in [1.29, 1.82) is 0 Å². The van der Waals surface area contributed by atoms with Crippen LogP contribution < -0.4 is 5.84 Å². The van der Waals surface area contributed by atoms with E-state index in [-0.39, 0.29) is 12.1 Å². The number of carbonyl (C=O) groups is 1. The summed E-state index contributed by atoms with van der Waals surface area (Å²) < 4.78 is 4.85. The van der Waals surface area contributed by atoms with Crippen molar-refractivity contribution < 1.29 is 9.53 Å². The van der Waals surface area contributed by atoms with Gasteiger partial charge in [-0.2, -0.15) is 0 Å². The summed E-state index contributed by atoms with van der Waals surface area (Å²) in [6.45, 7) is 2.66. The average molecular weight is 157 g/mol. The second-order valence-corrected chi connectivity index (χ2v) is 2.92. The monoisotopic (exact) mass is 157 g/mol. The summed E-state index contributed by atoms with van der Waals surface area (Å²) in [5.41, 5.74) is 0. The molecule has 2 N–H and O–H groups in total. The molecule has 1 atom stereocenters. The first-order valence-electron chi connectivity index (χ1n) is 3.70. The predicted octanol–water partition coefficient (Wildman–Crippen LogP) is -1.00. The van der Waals surface area contributed by atoms with Gasteiger partial charge in [0.1, 0.15) is 6.61 Å². The summed E-state index contributed by atoms with van der Waals surface area (Å²) in [6.07, 6.45) is -0.192. The lowest BCUT2D eigenvalue weighted by molar-refractivity contribution is 0.120. The number of hydrogen-bond donors (Lipinski definition) is 1. The normalized spacial score (nSPS) is 31.9. The van der Waals surface area contributed by atoms with Crippen molar-refractivity contribution in [3.05, 3.63) is 0 Å². The van der Waals surface area contributed by atoms with E-state index in [0.717, 1.165) is 13.1 Å². The molecule has 0 aliphatic carbocycles. The number of ether oxygens (including phenoxy) is 1. The Kier molecular flexibility index (Phi) is 1.47. The van der Waals surface area contributed by atoms with Crippen LogP contribution in [-0.2, 0) is 4.74 Å². The van der Waals surface area contributed by atoms with E-state index in [0.29, 0.717) is 13.2 Å². The van der Waals surface area contributed by atoms with Gasteiger partial charge in [-0.15, -0.1) is 0 Å². The number of nitrogens with two attached hydrogens (primary N) is 1. The molecule has 62 valence electrons. The zero-order valence-electron chi connectivity index (χ0n) is 6.19. The number of hydrazine groups is 1. The van der Waals surface area contributed by atoms with Crippen molar-refractivity contribution in [2.24, 2.45) is 5.84 Å². The molecule has 0 aromatic heterocycles. The fraction of sp³-hybridized carbons (Fsp3) is 0.833. The maximum atomic E-state index is 11.0. The molecular formula is C6H11N3O2. The Labute approximate surface area is 64.7 Å². The number of hydrogen-bond acceptors (Lipinski definition) is 4. The summed E-state index contributed by atoms with van der Waals surface area (Å²) >= 11 is 0. The van der Waals surface area contributed by atoms with Gasteiger partial charge in [0.2, 0.25) is 0 Å². The second-order valence-electron chi connectivity index (χ2n) is 2.92. The highest BCUT2D eigenvalue weighted by atomic mass is 16.6. The first kappa shape index (κ1) is 6.87. The highest BCUT2D eigenvalue weighted by molar-refractivity contribution is 5.70. The third-order valence-electron chi connectivity index (χ3n) is 2.15. The van der Waals surface area contributed by atoms with Gasteiger partial charge in [-0.05, 0) is 0 Å². The number of piperazine rings is 1. The van der Waals surface area contributed by atoms with Crippen LogP contribution in [-0.4, -0.2) is 48.3 Å². The van der Waals surface area contributed by atoms with Crippen LogP contribution >= 0.6 is 0 Å². The zero-order chi connectivity index (χ0) is 7.84. The first-order valence-corrected chi connectivity index (χ1v) is 3.70. The lowest BCUT2D eigenvalue weighted by atomic mass is 10.2. The van der Waals surface area contributed by atoms with Gasteiger partial charge in [-0.1, -0.05) is 0 Å². The molecule has 0 spiro atoms. The van der Waals surface area contributed by atoms with E-state index in [1.807, 2.05) is 0 Å². The molecule has 2 aliphatic rings. The average Bonchev–Trinajstić information content (AvgIpc) is 2.32. The molecule has 2 aliphatic heterocycles. The standard InChI is InChI=1S/C6H11N3O2/c7-8-1-2-9-5(3-8)4-11-6(9)10/h5H,1-4,7H2. The van der Waals surface area contributed by atoms with Crippen LogP contribution in [0.1, 0.15) is 0 Å². The van der Waals surface area contributed by atoms with Crippen molar-refractivity contribution in [2.45, 2.75) is 6.04 Å². The summed E-state index contributed by atoms with van der Waals surface area (Å²) in [5.74, 6) is 5.58. The van der Waals surface area contributed by atoms with E-state index in [1.54, 1.807) is 9.91 Å². The smallest absolute Gasteiger partial charge is 0.410 e. The maximum absolute atomic E-state index is 11.0. The molecule has 5 heteroatoms. The Hall–Kier alpha value is -0.810. The summed E-state index contributed by atoms with van der Waals surface area (Å²) in [4.78, 5) is 12.7. The van der Waals surface area contributed by atoms with Crippen molar-refractivity contribution in [1.82, 2.24) is 9.91 Å². The van der Waals surface area contributed by atoms with Gasteiger partial charge < -0.3 is 4.74 Å². The van der Waals surface area contributed by atoms with Gasteiger partial charge in [0.15, 0.2) is 0 Å². The van der Waals surface area contributed by atoms with Crippen molar-refractivity contribution in [3.63, 3.8) is 0 Å². The molecule has 0 aromatic rings. The Morgan fingerprint density at radius 2 is 2.36 bits per heavy atom. The van der Waals surface area contributed by atoms with E-state index in [9.17, 15) is 4.79 Å².